The molecule has 0 spiro atoms. The number of aromatic nitrogens is 2. The number of rotatable bonds is 5. The van der Waals surface area contributed by atoms with Gasteiger partial charge in [0.2, 0.25) is 5.82 Å². The molecule has 0 fully saturated rings. The maximum Gasteiger partial charge on any atom is 0.372 e. The molecule has 110 valence electrons. The lowest BCUT2D eigenvalue weighted by molar-refractivity contribution is -0.385. The van der Waals surface area contributed by atoms with E-state index in [0.29, 0.717) is 0 Å². The molecule has 1 atom stereocenters. The quantitative estimate of drug-likeness (QED) is 0.672. The number of ether oxygens (including phenoxy) is 1. The lowest BCUT2D eigenvalue weighted by atomic mass is 10.1. The van der Waals surface area contributed by atoms with Crippen molar-refractivity contribution < 1.29 is 9.66 Å². The first-order chi connectivity index (χ1) is 10.0. The predicted molar refractivity (Wildman–Crippen MR) is 78.5 cm³/mol. The van der Waals surface area contributed by atoms with Crippen molar-refractivity contribution in [1.82, 2.24) is 9.97 Å². The number of nitro groups is 1. The van der Waals surface area contributed by atoms with Crippen molar-refractivity contribution >= 4 is 11.5 Å². The van der Waals surface area contributed by atoms with E-state index in [1.807, 2.05) is 38.1 Å². The molecule has 2 aromatic rings. The van der Waals surface area contributed by atoms with Crippen LogP contribution in [0.25, 0.3) is 0 Å². The van der Waals surface area contributed by atoms with E-state index in [1.165, 1.54) is 13.4 Å². The number of aryl methyl sites for hydroxylation is 1. The van der Waals surface area contributed by atoms with Gasteiger partial charge in [-0.25, -0.2) is 4.98 Å². The summed E-state index contributed by atoms with van der Waals surface area (Å²) in [5.41, 5.74) is 1.90. The van der Waals surface area contributed by atoms with Gasteiger partial charge in [0.05, 0.1) is 18.1 Å². The minimum atomic E-state index is -0.553. The second-order valence-corrected chi connectivity index (χ2v) is 4.61. The molecule has 0 bridgehead atoms. The summed E-state index contributed by atoms with van der Waals surface area (Å²) in [6, 6.07) is 7.78. The number of nitrogens with zero attached hydrogens (tertiary/aromatic N) is 3. The number of anilines is 1. The number of methoxy groups -OCH3 is 1. The highest BCUT2D eigenvalue weighted by Crippen LogP contribution is 2.32. The smallest absolute Gasteiger partial charge is 0.372 e. The standard InChI is InChI=1S/C14H16N4O3/c1-9-4-6-11(7-5-9)10(2)17-13-12(18(19)20)14(21-3)16-8-15-13/h4-8,10H,1-3H3,(H,15,16,17). The topological polar surface area (TPSA) is 90.2 Å². The zero-order valence-electron chi connectivity index (χ0n) is 12.0. The second kappa shape index (κ2) is 6.17. The summed E-state index contributed by atoms with van der Waals surface area (Å²) in [7, 11) is 1.34. The summed E-state index contributed by atoms with van der Waals surface area (Å²) in [5, 5.41) is 14.2. The molecule has 1 heterocycles. The van der Waals surface area contributed by atoms with Crippen LogP contribution in [-0.4, -0.2) is 22.0 Å². The van der Waals surface area contributed by atoms with E-state index in [0.717, 1.165) is 11.1 Å². The van der Waals surface area contributed by atoms with Gasteiger partial charge in [-0.2, -0.15) is 4.98 Å². The Morgan fingerprint density at radius 1 is 1.29 bits per heavy atom. The molecular weight excluding hydrogens is 272 g/mol. The average Bonchev–Trinajstić information content (AvgIpc) is 2.47. The minimum Gasteiger partial charge on any atom is -0.476 e. The number of hydrogen-bond acceptors (Lipinski definition) is 6. The van der Waals surface area contributed by atoms with Crippen LogP contribution in [0.1, 0.15) is 24.1 Å². The van der Waals surface area contributed by atoms with Crippen LogP contribution in [0.3, 0.4) is 0 Å². The van der Waals surface area contributed by atoms with E-state index < -0.39 is 4.92 Å². The Bertz CT molecular complexity index is 643. The highest BCUT2D eigenvalue weighted by Gasteiger charge is 2.24. The summed E-state index contributed by atoms with van der Waals surface area (Å²) in [5.74, 6) is 0.0773. The van der Waals surface area contributed by atoms with Crippen LogP contribution in [0.2, 0.25) is 0 Å². The molecule has 0 saturated heterocycles. The summed E-state index contributed by atoms with van der Waals surface area (Å²) in [4.78, 5) is 18.3. The van der Waals surface area contributed by atoms with Crippen LogP contribution < -0.4 is 10.1 Å². The zero-order chi connectivity index (χ0) is 15.4. The first-order valence-corrected chi connectivity index (χ1v) is 6.39. The van der Waals surface area contributed by atoms with E-state index in [2.05, 4.69) is 15.3 Å². The second-order valence-electron chi connectivity index (χ2n) is 4.61. The predicted octanol–water partition coefficient (Wildman–Crippen LogP) is 2.87. The van der Waals surface area contributed by atoms with Gasteiger partial charge >= 0.3 is 5.69 Å². The lowest BCUT2D eigenvalue weighted by Gasteiger charge is -2.15. The fourth-order valence-corrected chi connectivity index (χ4v) is 1.93. The highest BCUT2D eigenvalue weighted by molar-refractivity contribution is 5.61. The van der Waals surface area contributed by atoms with Crippen molar-refractivity contribution in [2.75, 3.05) is 12.4 Å². The molecule has 1 unspecified atom stereocenters. The zero-order valence-corrected chi connectivity index (χ0v) is 12.0. The molecule has 0 aliphatic heterocycles. The van der Waals surface area contributed by atoms with Crippen LogP contribution in [0, 0.1) is 17.0 Å². The summed E-state index contributed by atoms with van der Waals surface area (Å²) in [6.07, 6.45) is 1.23. The van der Waals surface area contributed by atoms with Gasteiger partial charge in [-0.1, -0.05) is 29.8 Å². The molecular formula is C14H16N4O3. The van der Waals surface area contributed by atoms with Gasteiger partial charge in [0.25, 0.3) is 5.88 Å². The Hall–Kier alpha value is -2.70. The number of benzene rings is 1. The lowest BCUT2D eigenvalue weighted by Crippen LogP contribution is -2.11. The monoisotopic (exact) mass is 288 g/mol. The molecule has 1 aromatic carbocycles. The van der Waals surface area contributed by atoms with Crippen LogP contribution >= 0.6 is 0 Å². The van der Waals surface area contributed by atoms with Crippen LogP contribution in [0.5, 0.6) is 5.88 Å². The maximum atomic E-state index is 11.2. The molecule has 0 saturated carbocycles. The Kier molecular flexibility index (Phi) is 4.32. The Labute approximate surface area is 122 Å². The largest absolute Gasteiger partial charge is 0.476 e. The van der Waals surface area contributed by atoms with Gasteiger partial charge in [-0.15, -0.1) is 0 Å². The van der Waals surface area contributed by atoms with Crippen LogP contribution in [0.4, 0.5) is 11.5 Å². The van der Waals surface area contributed by atoms with Gasteiger partial charge < -0.3 is 10.1 Å². The molecule has 1 N–H and O–H groups in total. The van der Waals surface area contributed by atoms with Gasteiger partial charge in [-0.3, -0.25) is 10.1 Å². The molecule has 7 nitrogen and oxygen atoms in total. The van der Waals surface area contributed by atoms with Crippen molar-refractivity contribution in [3.05, 3.63) is 51.8 Å². The van der Waals surface area contributed by atoms with Crippen LogP contribution in [0.15, 0.2) is 30.6 Å². The molecule has 21 heavy (non-hydrogen) atoms. The van der Waals surface area contributed by atoms with Crippen molar-refractivity contribution in [3.63, 3.8) is 0 Å². The normalized spacial score (nSPS) is 11.8. The molecule has 7 heteroatoms. The first kappa shape index (κ1) is 14.7. The van der Waals surface area contributed by atoms with E-state index in [9.17, 15) is 10.1 Å². The molecule has 0 amide bonds. The maximum absolute atomic E-state index is 11.2. The van der Waals surface area contributed by atoms with Crippen molar-refractivity contribution in [3.8, 4) is 5.88 Å². The third kappa shape index (κ3) is 3.25. The van der Waals surface area contributed by atoms with Crippen LogP contribution in [-0.2, 0) is 0 Å². The van der Waals surface area contributed by atoms with Gasteiger partial charge in [0.1, 0.15) is 6.33 Å². The Morgan fingerprint density at radius 2 is 1.95 bits per heavy atom. The van der Waals surface area contributed by atoms with Crippen molar-refractivity contribution in [1.29, 1.82) is 0 Å². The van der Waals surface area contributed by atoms with Gasteiger partial charge in [0.15, 0.2) is 0 Å². The molecule has 2 rings (SSSR count). The Balaban J connectivity index is 2.30. The summed E-state index contributed by atoms with van der Waals surface area (Å²) >= 11 is 0. The van der Waals surface area contributed by atoms with Crippen molar-refractivity contribution in [2.24, 2.45) is 0 Å². The highest BCUT2D eigenvalue weighted by atomic mass is 16.6. The minimum absolute atomic E-state index is 0.0615. The molecule has 1 aromatic heterocycles. The number of nitrogens with one attached hydrogen (secondary N) is 1. The molecule has 0 aliphatic carbocycles. The van der Waals surface area contributed by atoms with E-state index in [4.69, 9.17) is 4.74 Å². The fourth-order valence-electron chi connectivity index (χ4n) is 1.93. The van der Waals surface area contributed by atoms with E-state index >= 15 is 0 Å². The SMILES string of the molecule is COc1ncnc(NC(C)c2ccc(C)cc2)c1[N+](=O)[O-]. The molecule has 0 aliphatic rings. The average molecular weight is 288 g/mol. The Morgan fingerprint density at radius 3 is 2.52 bits per heavy atom. The van der Waals surface area contributed by atoms with Gasteiger partial charge in [-0.05, 0) is 19.4 Å². The third-order valence-electron chi connectivity index (χ3n) is 3.10. The fraction of sp³-hybridized carbons (Fsp3) is 0.286. The summed E-state index contributed by atoms with van der Waals surface area (Å²) in [6.45, 7) is 3.91. The number of hydrogen-bond donors (Lipinski definition) is 1. The third-order valence-corrected chi connectivity index (χ3v) is 3.10. The first-order valence-electron chi connectivity index (χ1n) is 6.39. The summed E-state index contributed by atoms with van der Waals surface area (Å²) < 4.78 is 4.92. The van der Waals surface area contributed by atoms with Crippen molar-refractivity contribution in [2.45, 2.75) is 19.9 Å². The van der Waals surface area contributed by atoms with E-state index in [-0.39, 0.29) is 23.4 Å². The van der Waals surface area contributed by atoms with Gasteiger partial charge in [0, 0.05) is 0 Å². The molecule has 0 radical (unpaired) electrons. The van der Waals surface area contributed by atoms with E-state index in [1.54, 1.807) is 0 Å².